The van der Waals surface area contributed by atoms with Gasteiger partial charge in [0.15, 0.2) is 0 Å². The van der Waals surface area contributed by atoms with Crippen LogP contribution in [0, 0.1) is 0 Å². The summed E-state index contributed by atoms with van der Waals surface area (Å²) < 4.78 is 2.36. The van der Waals surface area contributed by atoms with Gasteiger partial charge in [-0.15, -0.1) is 0 Å². The van der Waals surface area contributed by atoms with E-state index in [1.54, 1.807) is 12.4 Å². The van der Waals surface area contributed by atoms with Crippen LogP contribution >= 0.6 is 15.9 Å². The first-order chi connectivity index (χ1) is 5.15. The Bertz CT molecular complexity index is 292. The summed E-state index contributed by atoms with van der Waals surface area (Å²) in [4.78, 5) is 11.1. The molecular formula is C7H9BrN2O. The number of anilines is 1. The summed E-state index contributed by atoms with van der Waals surface area (Å²) in [6, 6.07) is 0. The van der Waals surface area contributed by atoms with E-state index in [9.17, 15) is 4.79 Å². The highest BCUT2D eigenvalue weighted by Crippen LogP contribution is 2.05. The van der Waals surface area contributed by atoms with E-state index >= 15 is 0 Å². The minimum absolute atomic E-state index is 0.144. The molecule has 0 unspecified atom stereocenters. The molecule has 0 aromatic carbocycles. The van der Waals surface area contributed by atoms with E-state index in [2.05, 4.69) is 15.9 Å². The van der Waals surface area contributed by atoms with Crippen molar-refractivity contribution < 1.29 is 0 Å². The average Bonchev–Trinajstić information content (AvgIpc) is 1.99. The Morgan fingerprint density at radius 2 is 2.27 bits per heavy atom. The molecule has 11 heavy (non-hydrogen) atoms. The number of rotatable bonds is 1. The Morgan fingerprint density at radius 1 is 1.64 bits per heavy atom. The molecule has 0 radical (unpaired) electrons. The molecular weight excluding hydrogens is 208 g/mol. The molecule has 0 saturated heterocycles. The van der Waals surface area contributed by atoms with Crippen molar-refractivity contribution in [2.24, 2.45) is 0 Å². The molecule has 0 fully saturated rings. The van der Waals surface area contributed by atoms with Crippen LogP contribution in [0.5, 0.6) is 0 Å². The van der Waals surface area contributed by atoms with E-state index in [1.807, 2.05) is 11.5 Å². The summed E-state index contributed by atoms with van der Waals surface area (Å²) in [5.41, 5.74) is 5.57. The molecule has 0 aliphatic heterocycles. The lowest BCUT2D eigenvalue weighted by atomic mass is 10.4. The molecule has 0 bridgehead atoms. The molecule has 1 aromatic rings. The number of aromatic nitrogens is 1. The van der Waals surface area contributed by atoms with Crippen molar-refractivity contribution in [3.8, 4) is 0 Å². The topological polar surface area (TPSA) is 48.0 Å². The maximum absolute atomic E-state index is 11.1. The molecule has 0 saturated carbocycles. The number of aryl methyl sites for hydroxylation is 1. The van der Waals surface area contributed by atoms with E-state index < -0.39 is 0 Å². The Balaban J connectivity index is 3.32. The quantitative estimate of drug-likeness (QED) is 0.768. The largest absolute Gasteiger partial charge is 0.394 e. The molecule has 0 amide bonds. The van der Waals surface area contributed by atoms with Gasteiger partial charge in [0.2, 0.25) is 5.43 Å². The second-order valence-electron chi connectivity index (χ2n) is 2.22. The summed E-state index contributed by atoms with van der Waals surface area (Å²) in [6.07, 6.45) is 3.35. The van der Waals surface area contributed by atoms with Gasteiger partial charge >= 0.3 is 0 Å². The van der Waals surface area contributed by atoms with Gasteiger partial charge in [0, 0.05) is 18.9 Å². The molecule has 0 spiro atoms. The van der Waals surface area contributed by atoms with E-state index in [0.717, 1.165) is 6.54 Å². The molecule has 0 atom stereocenters. The zero-order chi connectivity index (χ0) is 8.43. The van der Waals surface area contributed by atoms with Crippen LogP contribution in [0.3, 0.4) is 0 Å². The van der Waals surface area contributed by atoms with Gasteiger partial charge in [-0.05, 0) is 22.9 Å². The van der Waals surface area contributed by atoms with Crippen LogP contribution in [-0.2, 0) is 6.54 Å². The van der Waals surface area contributed by atoms with Crippen molar-refractivity contribution in [2.75, 3.05) is 5.73 Å². The van der Waals surface area contributed by atoms with Crippen molar-refractivity contribution in [3.05, 3.63) is 27.1 Å². The lowest BCUT2D eigenvalue weighted by Crippen LogP contribution is -2.12. The fourth-order valence-corrected chi connectivity index (χ4v) is 1.29. The molecule has 1 heterocycles. The molecule has 2 N–H and O–H groups in total. The first-order valence-electron chi connectivity index (χ1n) is 3.30. The van der Waals surface area contributed by atoms with Crippen molar-refractivity contribution in [1.82, 2.24) is 4.57 Å². The van der Waals surface area contributed by atoms with Gasteiger partial charge < -0.3 is 10.3 Å². The summed E-state index contributed by atoms with van der Waals surface area (Å²) in [5.74, 6) is 0. The molecule has 4 heteroatoms. The third-order valence-corrected chi connectivity index (χ3v) is 1.99. The zero-order valence-corrected chi connectivity index (χ0v) is 7.76. The van der Waals surface area contributed by atoms with Gasteiger partial charge in [0.25, 0.3) is 0 Å². The van der Waals surface area contributed by atoms with Gasteiger partial charge in [0.1, 0.15) is 0 Å². The zero-order valence-electron chi connectivity index (χ0n) is 6.17. The van der Waals surface area contributed by atoms with Crippen molar-refractivity contribution in [3.63, 3.8) is 0 Å². The highest BCUT2D eigenvalue weighted by Gasteiger charge is 1.99. The number of pyridine rings is 1. The van der Waals surface area contributed by atoms with Gasteiger partial charge in [-0.1, -0.05) is 0 Å². The van der Waals surface area contributed by atoms with E-state index in [4.69, 9.17) is 5.73 Å². The van der Waals surface area contributed by atoms with Crippen molar-refractivity contribution >= 4 is 21.6 Å². The summed E-state index contributed by atoms with van der Waals surface area (Å²) in [6.45, 7) is 2.79. The Kier molecular flexibility index (Phi) is 2.34. The smallest absolute Gasteiger partial charge is 0.218 e. The molecule has 1 aromatic heterocycles. The van der Waals surface area contributed by atoms with E-state index in [-0.39, 0.29) is 11.1 Å². The van der Waals surface area contributed by atoms with E-state index in [0.29, 0.717) is 4.47 Å². The van der Waals surface area contributed by atoms with Gasteiger partial charge in [-0.3, -0.25) is 4.79 Å². The Morgan fingerprint density at radius 3 is 2.73 bits per heavy atom. The normalized spacial score (nSPS) is 10.0. The van der Waals surface area contributed by atoms with Crippen LogP contribution in [0.1, 0.15) is 6.92 Å². The molecule has 0 aliphatic rings. The molecule has 60 valence electrons. The minimum Gasteiger partial charge on any atom is -0.394 e. The maximum Gasteiger partial charge on any atom is 0.218 e. The van der Waals surface area contributed by atoms with Crippen LogP contribution in [0.25, 0.3) is 0 Å². The third-order valence-electron chi connectivity index (χ3n) is 1.43. The number of nitrogen functional groups attached to an aromatic ring is 1. The monoisotopic (exact) mass is 216 g/mol. The van der Waals surface area contributed by atoms with Crippen LogP contribution < -0.4 is 11.2 Å². The molecule has 1 rings (SSSR count). The molecule has 3 nitrogen and oxygen atoms in total. The van der Waals surface area contributed by atoms with Gasteiger partial charge in [0.05, 0.1) is 10.2 Å². The first-order valence-corrected chi connectivity index (χ1v) is 4.09. The predicted octanol–water partition coefficient (Wildman–Crippen LogP) is 1.21. The van der Waals surface area contributed by atoms with Crippen molar-refractivity contribution in [1.29, 1.82) is 0 Å². The Labute approximate surface area is 73.0 Å². The number of nitrogens with zero attached hydrogens (tertiary/aromatic N) is 1. The second kappa shape index (κ2) is 3.09. The average molecular weight is 217 g/mol. The summed E-state index contributed by atoms with van der Waals surface area (Å²) in [5, 5.41) is 0. The fourth-order valence-electron chi connectivity index (χ4n) is 0.799. The number of nitrogens with two attached hydrogens (primary N) is 1. The third kappa shape index (κ3) is 1.63. The van der Waals surface area contributed by atoms with Crippen LogP contribution in [-0.4, -0.2) is 4.57 Å². The van der Waals surface area contributed by atoms with Crippen LogP contribution in [0.2, 0.25) is 0 Å². The van der Waals surface area contributed by atoms with Gasteiger partial charge in [-0.2, -0.15) is 0 Å². The second-order valence-corrected chi connectivity index (χ2v) is 3.08. The number of hydrogen-bond acceptors (Lipinski definition) is 2. The lowest BCUT2D eigenvalue weighted by molar-refractivity contribution is 0.753. The maximum atomic E-state index is 11.1. The van der Waals surface area contributed by atoms with Gasteiger partial charge in [-0.25, -0.2) is 0 Å². The summed E-state index contributed by atoms with van der Waals surface area (Å²) >= 11 is 3.12. The predicted molar refractivity (Wildman–Crippen MR) is 48.5 cm³/mol. The highest BCUT2D eigenvalue weighted by atomic mass is 79.9. The number of halogens is 1. The lowest BCUT2D eigenvalue weighted by Gasteiger charge is -2.03. The van der Waals surface area contributed by atoms with E-state index in [1.165, 1.54) is 0 Å². The highest BCUT2D eigenvalue weighted by molar-refractivity contribution is 9.10. The standard InChI is InChI=1S/C7H9BrN2O/c1-2-10-3-5(8)7(11)6(9)4-10/h3-4H,2,9H2,1H3. The van der Waals surface area contributed by atoms with Crippen molar-refractivity contribution in [2.45, 2.75) is 13.5 Å². The van der Waals surface area contributed by atoms with Crippen LogP contribution in [0.4, 0.5) is 5.69 Å². The van der Waals surface area contributed by atoms with Crippen LogP contribution in [0.15, 0.2) is 21.7 Å². The molecule has 0 aliphatic carbocycles. The SMILES string of the molecule is CCn1cc(N)c(=O)c(Br)c1. The minimum atomic E-state index is -0.144. The first kappa shape index (κ1) is 8.33. The number of hydrogen-bond donors (Lipinski definition) is 1. The fraction of sp³-hybridized carbons (Fsp3) is 0.286. The Hall–Kier alpha value is -0.770. The summed E-state index contributed by atoms with van der Waals surface area (Å²) in [7, 11) is 0.